The third-order valence-corrected chi connectivity index (χ3v) is 10.2. The number of carbonyl (C=O) groups is 3. The van der Waals surface area contributed by atoms with Gasteiger partial charge in [-0.05, 0) is 116 Å². The fourth-order valence-electron chi connectivity index (χ4n) is 6.48. The van der Waals surface area contributed by atoms with Crippen LogP contribution < -0.4 is 0 Å². The molecule has 1 atom stereocenters. The first-order chi connectivity index (χ1) is 31.0. The van der Waals surface area contributed by atoms with E-state index in [1.807, 2.05) is 0 Å². The first-order valence-electron chi connectivity index (χ1n) is 25.4. The Hall–Kier alpha value is -3.93. The number of allylic oxidation sites excluding steroid dienone is 18. The van der Waals surface area contributed by atoms with Crippen LogP contribution in [0.15, 0.2) is 109 Å². The highest BCUT2D eigenvalue weighted by atomic mass is 16.6. The van der Waals surface area contributed by atoms with Crippen molar-refractivity contribution >= 4 is 17.9 Å². The maximum atomic E-state index is 12.8. The summed E-state index contributed by atoms with van der Waals surface area (Å²) in [5, 5.41) is 0. The average molecular weight is 873 g/mol. The summed E-state index contributed by atoms with van der Waals surface area (Å²) < 4.78 is 16.7. The summed E-state index contributed by atoms with van der Waals surface area (Å²) in [6.45, 7) is 6.31. The Morgan fingerprint density at radius 1 is 0.333 bits per heavy atom. The van der Waals surface area contributed by atoms with Gasteiger partial charge in [0.1, 0.15) is 13.2 Å². The molecule has 63 heavy (non-hydrogen) atoms. The molecular formula is C57H92O6. The van der Waals surface area contributed by atoms with Crippen LogP contribution in [0.1, 0.15) is 213 Å². The van der Waals surface area contributed by atoms with Crippen LogP contribution in [0.3, 0.4) is 0 Å². The summed E-state index contributed by atoms with van der Waals surface area (Å²) in [6.07, 6.45) is 67.9. The number of hydrogen-bond acceptors (Lipinski definition) is 6. The predicted octanol–water partition coefficient (Wildman–Crippen LogP) is 16.8. The third-order valence-electron chi connectivity index (χ3n) is 10.2. The summed E-state index contributed by atoms with van der Waals surface area (Å²) in [7, 11) is 0. The van der Waals surface area contributed by atoms with E-state index in [0.29, 0.717) is 19.3 Å². The Labute approximate surface area is 387 Å². The monoisotopic (exact) mass is 873 g/mol. The largest absolute Gasteiger partial charge is 0.462 e. The van der Waals surface area contributed by atoms with Gasteiger partial charge >= 0.3 is 17.9 Å². The first-order valence-corrected chi connectivity index (χ1v) is 25.4. The summed E-state index contributed by atoms with van der Waals surface area (Å²) >= 11 is 0. The van der Waals surface area contributed by atoms with Crippen molar-refractivity contribution in [1.29, 1.82) is 0 Å². The van der Waals surface area contributed by atoms with Gasteiger partial charge in [0.2, 0.25) is 0 Å². The highest BCUT2D eigenvalue weighted by Crippen LogP contribution is 2.12. The zero-order chi connectivity index (χ0) is 45.8. The topological polar surface area (TPSA) is 78.9 Å². The molecule has 0 aromatic carbocycles. The van der Waals surface area contributed by atoms with Crippen molar-refractivity contribution in [3.8, 4) is 0 Å². The summed E-state index contributed by atoms with van der Waals surface area (Å²) in [4.78, 5) is 37.9. The van der Waals surface area contributed by atoms with Gasteiger partial charge in [0, 0.05) is 19.3 Å². The van der Waals surface area contributed by atoms with Gasteiger partial charge in [-0.1, -0.05) is 188 Å². The summed E-state index contributed by atoms with van der Waals surface area (Å²) in [6, 6.07) is 0. The molecule has 0 aliphatic heterocycles. The van der Waals surface area contributed by atoms with Crippen LogP contribution in [0.5, 0.6) is 0 Å². The molecule has 0 radical (unpaired) electrons. The zero-order valence-electron chi connectivity index (χ0n) is 40.5. The quantitative estimate of drug-likeness (QED) is 0.0263. The molecule has 0 amide bonds. The Morgan fingerprint density at radius 2 is 0.635 bits per heavy atom. The Morgan fingerprint density at radius 3 is 1.05 bits per heavy atom. The van der Waals surface area contributed by atoms with Crippen LogP contribution in [0.25, 0.3) is 0 Å². The summed E-state index contributed by atoms with van der Waals surface area (Å²) in [5.74, 6) is -1.00. The molecule has 0 saturated carbocycles. The van der Waals surface area contributed by atoms with Crippen LogP contribution in [-0.2, 0) is 28.6 Å². The molecule has 6 nitrogen and oxygen atoms in total. The maximum Gasteiger partial charge on any atom is 0.306 e. The van der Waals surface area contributed by atoms with E-state index in [4.69, 9.17) is 14.2 Å². The molecule has 0 saturated heterocycles. The first kappa shape index (κ1) is 59.1. The van der Waals surface area contributed by atoms with Crippen molar-refractivity contribution in [2.75, 3.05) is 13.2 Å². The molecule has 0 rings (SSSR count). The Balaban J connectivity index is 4.54. The van der Waals surface area contributed by atoms with E-state index in [2.05, 4.69) is 130 Å². The van der Waals surface area contributed by atoms with Crippen molar-refractivity contribution in [2.45, 2.75) is 219 Å². The SMILES string of the molecule is CC/C=C\C/C=C\C/C=C\C/C=C\C/C=C\CCCC(=O)OCC(COC(=O)CCCCCCC/C=C\CCCCCC)OC(=O)CCCCCCC/C=C\C/C=C\C/C=C\CC. The molecule has 0 aliphatic carbocycles. The molecule has 0 heterocycles. The van der Waals surface area contributed by atoms with Gasteiger partial charge in [-0.15, -0.1) is 0 Å². The van der Waals surface area contributed by atoms with E-state index >= 15 is 0 Å². The zero-order valence-corrected chi connectivity index (χ0v) is 40.5. The van der Waals surface area contributed by atoms with E-state index in [1.165, 1.54) is 38.5 Å². The molecule has 0 N–H and O–H groups in total. The normalized spacial score (nSPS) is 13.0. The third kappa shape index (κ3) is 49.0. The van der Waals surface area contributed by atoms with E-state index < -0.39 is 6.10 Å². The van der Waals surface area contributed by atoms with Gasteiger partial charge in [0.25, 0.3) is 0 Å². The molecular weight excluding hydrogens is 781 g/mol. The number of esters is 3. The smallest absolute Gasteiger partial charge is 0.306 e. The molecule has 0 bridgehead atoms. The minimum absolute atomic E-state index is 0.109. The fraction of sp³-hybridized carbons (Fsp3) is 0.632. The van der Waals surface area contributed by atoms with Gasteiger partial charge in [-0.2, -0.15) is 0 Å². The second-order valence-electron chi connectivity index (χ2n) is 16.3. The molecule has 0 spiro atoms. The van der Waals surface area contributed by atoms with E-state index in [9.17, 15) is 14.4 Å². The van der Waals surface area contributed by atoms with Crippen molar-refractivity contribution in [3.05, 3.63) is 109 Å². The number of carbonyl (C=O) groups excluding carboxylic acids is 3. The minimum atomic E-state index is -0.814. The molecule has 0 aromatic heterocycles. The Bertz CT molecular complexity index is 1330. The summed E-state index contributed by atoms with van der Waals surface area (Å²) in [5.41, 5.74) is 0. The molecule has 0 fully saturated rings. The van der Waals surface area contributed by atoms with Crippen LogP contribution >= 0.6 is 0 Å². The lowest BCUT2D eigenvalue weighted by molar-refractivity contribution is -0.167. The standard InChI is InChI=1S/C57H92O6/c1-4-7-10-13-16-19-22-25-27-28-30-32-35-38-41-44-47-50-56(59)62-53-54(52-61-55(58)49-46-43-40-37-34-31-24-21-18-15-12-9-6-3)63-57(60)51-48-45-42-39-36-33-29-26-23-20-17-14-11-8-5-2/h7-8,10-11,16-17,19-21,24-27,29-30,32,38,41,54H,4-6,9,12-15,18,22-23,28,31,33-37,39-40,42-53H2,1-3H3/b10-7-,11-8-,19-16-,20-17-,24-21-,27-25-,29-26-,32-30-,41-38-. The lowest BCUT2D eigenvalue weighted by Crippen LogP contribution is -2.30. The number of rotatable bonds is 44. The van der Waals surface area contributed by atoms with Crippen molar-refractivity contribution < 1.29 is 28.6 Å². The molecule has 0 aromatic rings. The van der Waals surface area contributed by atoms with Crippen LogP contribution in [0, 0.1) is 0 Å². The van der Waals surface area contributed by atoms with Crippen LogP contribution in [0.2, 0.25) is 0 Å². The average Bonchev–Trinajstić information content (AvgIpc) is 3.28. The van der Waals surface area contributed by atoms with Gasteiger partial charge in [0.05, 0.1) is 0 Å². The lowest BCUT2D eigenvalue weighted by Gasteiger charge is -2.18. The number of ether oxygens (including phenoxy) is 3. The Kier molecular flexibility index (Phi) is 47.5. The lowest BCUT2D eigenvalue weighted by atomic mass is 10.1. The van der Waals surface area contributed by atoms with Gasteiger partial charge < -0.3 is 14.2 Å². The van der Waals surface area contributed by atoms with Crippen molar-refractivity contribution in [1.82, 2.24) is 0 Å². The number of unbranched alkanes of at least 4 members (excludes halogenated alkanes) is 15. The van der Waals surface area contributed by atoms with Gasteiger partial charge in [-0.3, -0.25) is 14.4 Å². The van der Waals surface area contributed by atoms with Crippen LogP contribution in [-0.4, -0.2) is 37.2 Å². The van der Waals surface area contributed by atoms with E-state index in [-0.39, 0.29) is 37.5 Å². The highest BCUT2D eigenvalue weighted by molar-refractivity contribution is 5.71. The second kappa shape index (κ2) is 50.7. The fourth-order valence-corrected chi connectivity index (χ4v) is 6.48. The highest BCUT2D eigenvalue weighted by Gasteiger charge is 2.19. The minimum Gasteiger partial charge on any atom is -0.462 e. The van der Waals surface area contributed by atoms with E-state index in [1.54, 1.807) is 0 Å². The van der Waals surface area contributed by atoms with Crippen molar-refractivity contribution in [2.24, 2.45) is 0 Å². The van der Waals surface area contributed by atoms with Crippen molar-refractivity contribution in [3.63, 3.8) is 0 Å². The predicted molar refractivity (Wildman–Crippen MR) is 270 cm³/mol. The van der Waals surface area contributed by atoms with Crippen LogP contribution in [0.4, 0.5) is 0 Å². The maximum absolute atomic E-state index is 12.8. The second-order valence-corrected chi connectivity index (χ2v) is 16.3. The van der Waals surface area contributed by atoms with Gasteiger partial charge in [0.15, 0.2) is 6.10 Å². The molecule has 0 aliphatic rings. The molecule has 1 unspecified atom stereocenters. The molecule has 6 heteroatoms. The van der Waals surface area contributed by atoms with E-state index in [0.717, 1.165) is 128 Å². The molecule has 356 valence electrons. The van der Waals surface area contributed by atoms with Gasteiger partial charge in [-0.25, -0.2) is 0 Å². The number of hydrogen-bond donors (Lipinski definition) is 0.